The number of carbonyl (C=O) groups is 1. The fourth-order valence-corrected chi connectivity index (χ4v) is 3.13. The van der Waals surface area contributed by atoms with Crippen LogP contribution >= 0.6 is 0 Å². The zero-order valence-corrected chi connectivity index (χ0v) is 15.3. The molecule has 7 heteroatoms. The average Bonchev–Trinajstić information content (AvgIpc) is 3.27. The summed E-state index contributed by atoms with van der Waals surface area (Å²) >= 11 is 0. The summed E-state index contributed by atoms with van der Waals surface area (Å²) in [7, 11) is 0. The third kappa shape index (κ3) is 3.83. The van der Waals surface area contributed by atoms with Crippen molar-refractivity contribution in [2.75, 3.05) is 6.61 Å². The third-order valence-electron chi connectivity index (χ3n) is 4.47. The largest absolute Gasteiger partial charge is 0.484 e. The summed E-state index contributed by atoms with van der Waals surface area (Å²) in [5.41, 5.74) is 1.83. The van der Waals surface area contributed by atoms with Gasteiger partial charge in [-0.1, -0.05) is 48.5 Å². The van der Waals surface area contributed by atoms with Crippen molar-refractivity contribution in [3.8, 4) is 11.4 Å². The van der Waals surface area contributed by atoms with E-state index in [2.05, 4.69) is 39.0 Å². The summed E-state index contributed by atoms with van der Waals surface area (Å²) in [5.74, 6) is 0.384. The first-order chi connectivity index (χ1) is 13.7. The van der Waals surface area contributed by atoms with Gasteiger partial charge in [0.05, 0.1) is 11.7 Å². The minimum Gasteiger partial charge on any atom is -0.484 e. The molecule has 7 nitrogen and oxygen atoms in total. The number of hydrogen-bond donors (Lipinski definition) is 1. The van der Waals surface area contributed by atoms with Crippen molar-refractivity contribution in [3.05, 3.63) is 78.6 Å². The Morgan fingerprint density at radius 1 is 1.11 bits per heavy atom. The number of hydrogen-bond acceptors (Lipinski definition) is 5. The lowest BCUT2D eigenvalue weighted by molar-refractivity contribution is -0.123. The van der Waals surface area contributed by atoms with Gasteiger partial charge in [0.25, 0.3) is 5.91 Å². The van der Waals surface area contributed by atoms with Gasteiger partial charge in [-0.3, -0.25) is 4.79 Å². The highest BCUT2D eigenvalue weighted by molar-refractivity contribution is 5.87. The zero-order valence-electron chi connectivity index (χ0n) is 15.3. The molecular weight excluding hydrogens is 354 g/mol. The topological polar surface area (TPSA) is 81.9 Å². The predicted octanol–water partition coefficient (Wildman–Crippen LogP) is 3.07. The van der Waals surface area contributed by atoms with Crippen LogP contribution < -0.4 is 10.1 Å². The van der Waals surface area contributed by atoms with E-state index in [4.69, 9.17) is 4.74 Å². The molecule has 0 saturated carbocycles. The Labute approximate surface area is 161 Å². The molecule has 1 amide bonds. The second-order valence-electron chi connectivity index (χ2n) is 6.40. The van der Waals surface area contributed by atoms with E-state index >= 15 is 0 Å². The number of amides is 1. The van der Waals surface area contributed by atoms with E-state index < -0.39 is 0 Å². The second-order valence-corrected chi connectivity index (χ2v) is 6.40. The number of carbonyl (C=O) groups excluding carboxylic acids is 1. The number of nitrogens with one attached hydrogen (secondary N) is 1. The van der Waals surface area contributed by atoms with Crippen LogP contribution in [0.25, 0.3) is 16.5 Å². The lowest BCUT2D eigenvalue weighted by atomic mass is 10.00. The molecule has 28 heavy (non-hydrogen) atoms. The number of rotatable bonds is 6. The van der Waals surface area contributed by atoms with Crippen LogP contribution in [0, 0.1) is 0 Å². The monoisotopic (exact) mass is 373 g/mol. The van der Waals surface area contributed by atoms with E-state index in [0.717, 1.165) is 22.0 Å². The molecule has 140 valence electrons. The van der Waals surface area contributed by atoms with Gasteiger partial charge >= 0.3 is 0 Å². The first-order valence-corrected chi connectivity index (χ1v) is 8.94. The Kier molecular flexibility index (Phi) is 4.97. The number of aromatic nitrogens is 4. The van der Waals surface area contributed by atoms with Crippen LogP contribution in [0.4, 0.5) is 0 Å². The van der Waals surface area contributed by atoms with Crippen molar-refractivity contribution >= 4 is 16.7 Å². The molecular formula is C21H19N5O2. The maximum atomic E-state index is 12.4. The molecule has 1 heterocycles. The molecule has 0 fully saturated rings. The fourth-order valence-electron chi connectivity index (χ4n) is 3.13. The van der Waals surface area contributed by atoms with Crippen LogP contribution in [0.3, 0.4) is 0 Å². The first-order valence-electron chi connectivity index (χ1n) is 8.94. The highest BCUT2D eigenvalue weighted by Crippen LogP contribution is 2.24. The van der Waals surface area contributed by atoms with Crippen LogP contribution in [0.5, 0.6) is 5.75 Å². The van der Waals surface area contributed by atoms with Gasteiger partial charge < -0.3 is 10.1 Å². The number of fused-ring (bicyclic) bond motifs is 1. The summed E-state index contributed by atoms with van der Waals surface area (Å²) in [5, 5.41) is 16.3. The summed E-state index contributed by atoms with van der Waals surface area (Å²) in [6.07, 6.45) is 1.50. The van der Waals surface area contributed by atoms with Crippen molar-refractivity contribution in [2.24, 2.45) is 0 Å². The van der Waals surface area contributed by atoms with Crippen LogP contribution in [0.2, 0.25) is 0 Å². The van der Waals surface area contributed by atoms with Crippen molar-refractivity contribution in [1.29, 1.82) is 0 Å². The minimum absolute atomic E-state index is 0.0752. The molecule has 1 atom stereocenters. The fraction of sp³-hybridized carbons (Fsp3) is 0.143. The molecule has 0 unspecified atom stereocenters. The maximum Gasteiger partial charge on any atom is 0.258 e. The highest BCUT2D eigenvalue weighted by Gasteiger charge is 2.13. The summed E-state index contributed by atoms with van der Waals surface area (Å²) in [6, 6.07) is 21.3. The minimum atomic E-state index is -0.187. The van der Waals surface area contributed by atoms with Crippen LogP contribution in [0.1, 0.15) is 18.5 Å². The van der Waals surface area contributed by atoms with Gasteiger partial charge in [-0.25, -0.2) is 4.68 Å². The van der Waals surface area contributed by atoms with Gasteiger partial charge in [-0.2, -0.15) is 0 Å². The lowest BCUT2D eigenvalue weighted by Gasteiger charge is -2.17. The molecule has 0 spiro atoms. The van der Waals surface area contributed by atoms with Gasteiger partial charge in [0.2, 0.25) is 0 Å². The van der Waals surface area contributed by atoms with E-state index in [9.17, 15) is 4.79 Å². The smallest absolute Gasteiger partial charge is 0.258 e. The Hall–Kier alpha value is -3.74. The predicted molar refractivity (Wildman–Crippen MR) is 105 cm³/mol. The molecule has 4 aromatic rings. The maximum absolute atomic E-state index is 12.4. The van der Waals surface area contributed by atoms with Gasteiger partial charge in [0.15, 0.2) is 6.61 Å². The molecule has 1 aromatic heterocycles. The van der Waals surface area contributed by atoms with Crippen molar-refractivity contribution < 1.29 is 9.53 Å². The van der Waals surface area contributed by atoms with E-state index in [-0.39, 0.29) is 18.6 Å². The normalized spacial score (nSPS) is 11.9. The van der Waals surface area contributed by atoms with Crippen molar-refractivity contribution in [1.82, 2.24) is 25.5 Å². The number of nitrogens with zero attached hydrogens (tertiary/aromatic N) is 4. The highest BCUT2D eigenvalue weighted by atomic mass is 16.5. The molecule has 3 aromatic carbocycles. The molecule has 4 rings (SSSR count). The lowest BCUT2D eigenvalue weighted by Crippen LogP contribution is -2.31. The molecule has 0 aliphatic heterocycles. The number of benzene rings is 3. The van der Waals surface area contributed by atoms with E-state index in [1.165, 1.54) is 11.0 Å². The van der Waals surface area contributed by atoms with E-state index in [1.54, 1.807) is 12.1 Å². The van der Waals surface area contributed by atoms with Gasteiger partial charge in [0, 0.05) is 6.07 Å². The molecule has 0 aliphatic rings. The van der Waals surface area contributed by atoms with Crippen LogP contribution in [-0.2, 0) is 4.79 Å². The quantitative estimate of drug-likeness (QED) is 0.562. The zero-order chi connectivity index (χ0) is 19.3. The molecule has 0 bridgehead atoms. The SMILES string of the molecule is C[C@H](NC(=O)COc1cccc(-n2cnnn2)c1)c1cccc2ccccc12. The van der Waals surface area contributed by atoms with Crippen LogP contribution in [-0.4, -0.2) is 32.7 Å². The Balaban J connectivity index is 1.40. The summed E-state index contributed by atoms with van der Waals surface area (Å²) in [4.78, 5) is 12.4. The second kappa shape index (κ2) is 7.87. The average molecular weight is 373 g/mol. The van der Waals surface area contributed by atoms with Gasteiger partial charge in [0.1, 0.15) is 12.1 Å². The van der Waals surface area contributed by atoms with E-state index in [0.29, 0.717) is 5.75 Å². The van der Waals surface area contributed by atoms with Crippen molar-refractivity contribution in [3.63, 3.8) is 0 Å². The Morgan fingerprint density at radius 2 is 1.93 bits per heavy atom. The van der Waals surface area contributed by atoms with E-state index in [1.807, 2.05) is 43.3 Å². The molecule has 1 N–H and O–H groups in total. The molecule has 0 radical (unpaired) electrons. The Morgan fingerprint density at radius 3 is 2.79 bits per heavy atom. The van der Waals surface area contributed by atoms with Gasteiger partial charge in [-0.05, 0) is 45.8 Å². The summed E-state index contributed by atoms with van der Waals surface area (Å²) < 4.78 is 7.16. The Bertz CT molecular complexity index is 1090. The number of tetrazole rings is 1. The standard InChI is InChI=1S/C21H19N5O2/c1-15(19-11-4-7-16-6-2-3-10-20(16)19)23-21(27)13-28-18-9-5-8-17(12-18)26-14-22-24-25-26/h2-12,14-15H,13H2,1H3,(H,23,27)/t15-/m0/s1. The van der Waals surface area contributed by atoms with Gasteiger partial charge in [-0.15, -0.1) is 5.10 Å². The molecule has 0 aliphatic carbocycles. The van der Waals surface area contributed by atoms with Crippen molar-refractivity contribution in [2.45, 2.75) is 13.0 Å². The van der Waals surface area contributed by atoms with Crippen LogP contribution in [0.15, 0.2) is 73.1 Å². The number of ether oxygens (including phenoxy) is 1. The first kappa shape index (κ1) is 17.7. The third-order valence-corrected chi connectivity index (χ3v) is 4.47. The molecule has 0 saturated heterocycles. The summed E-state index contributed by atoms with van der Waals surface area (Å²) in [6.45, 7) is 1.90.